The molecule has 0 radical (unpaired) electrons. The number of carbonyl (C=O) groups excluding carboxylic acids is 1. The molecule has 24 heavy (non-hydrogen) atoms. The molecular weight excluding hydrogens is 294 g/mol. The molecule has 2 nitrogen and oxygen atoms in total. The molecule has 0 N–H and O–H groups in total. The van der Waals surface area contributed by atoms with Crippen molar-refractivity contribution in [1.82, 2.24) is 4.90 Å². The zero-order valence-corrected chi connectivity index (χ0v) is 17.1. The van der Waals surface area contributed by atoms with E-state index in [0.29, 0.717) is 5.91 Å². The van der Waals surface area contributed by atoms with E-state index in [1.807, 2.05) is 0 Å². The van der Waals surface area contributed by atoms with Crippen molar-refractivity contribution in [1.29, 1.82) is 0 Å². The minimum absolute atomic E-state index is 0.408. The number of amides is 1. The van der Waals surface area contributed by atoms with E-state index in [4.69, 9.17) is 0 Å². The fourth-order valence-corrected chi connectivity index (χ4v) is 3.21. The van der Waals surface area contributed by atoms with Crippen molar-refractivity contribution in [2.24, 2.45) is 0 Å². The predicted molar refractivity (Wildman–Crippen MR) is 107 cm³/mol. The number of carbonyl (C=O) groups is 1. The van der Waals surface area contributed by atoms with Crippen LogP contribution in [-0.2, 0) is 4.79 Å². The van der Waals surface area contributed by atoms with Gasteiger partial charge in [0.25, 0.3) is 0 Å². The molecule has 0 atom stereocenters. The van der Waals surface area contributed by atoms with Crippen LogP contribution in [0, 0.1) is 0 Å². The minimum atomic E-state index is 0.408. The molecule has 0 saturated heterocycles. The van der Waals surface area contributed by atoms with Gasteiger partial charge in [-0.3, -0.25) is 4.79 Å². The van der Waals surface area contributed by atoms with E-state index < -0.39 is 0 Å². The molecule has 0 aliphatic carbocycles. The van der Waals surface area contributed by atoms with E-state index in [0.717, 1.165) is 25.9 Å². The van der Waals surface area contributed by atoms with Crippen molar-refractivity contribution in [3.8, 4) is 0 Å². The zero-order chi connectivity index (χ0) is 17.9. The Morgan fingerprint density at radius 1 is 0.542 bits per heavy atom. The molecule has 0 heterocycles. The summed E-state index contributed by atoms with van der Waals surface area (Å²) in [5, 5.41) is 0. The highest BCUT2D eigenvalue weighted by Gasteiger charge is 2.12. The summed E-state index contributed by atoms with van der Waals surface area (Å²) < 4.78 is 0. The fraction of sp³-hybridized carbons (Fsp3) is 0.955. The van der Waals surface area contributed by atoms with Crippen LogP contribution >= 0.6 is 0 Å². The molecule has 0 aromatic heterocycles. The third-order valence-corrected chi connectivity index (χ3v) is 4.91. The lowest BCUT2D eigenvalue weighted by Gasteiger charge is -2.23. The molecule has 0 unspecified atom stereocenters. The fourth-order valence-electron chi connectivity index (χ4n) is 3.21. The Balaban J connectivity index is 3.74. The lowest BCUT2D eigenvalue weighted by atomic mass is 10.1. The van der Waals surface area contributed by atoms with Crippen LogP contribution in [0.4, 0.5) is 0 Å². The highest BCUT2D eigenvalue weighted by molar-refractivity contribution is 5.76. The number of rotatable bonds is 18. The Morgan fingerprint density at radius 2 is 0.917 bits per heavy atom. The minimum Gasteiger partial charge on any atom is -0.343 e. The summed E-state index contributed by atoms with van der Waals surface area (Å²) in [6.07, 6.45) is 20.0. The van der Waals surface area contributed by atoms with Crippen LogP contribution in [0.1, 0.15) is 124 Å². The Bertz CT molecular complexity index is 255. The first-order valence-corrected chi connectivity index (χ1v) is 11.0. The molecule has 0 bridgehead atoms. The van der Waals surface area contributed by atoms with Gasteiger partial charge in [-0.05, 0) is 19.3 Å². The third kappa shape index (κ3) is 15.0. The van der Waals surface area contributed by atoms with Gasteiger partial charge >= 0.3 is 0 Å². The van der Waals surface area contributed by atoms with Gasteiger partial charge in [0.2, 0.25) is 5.91 Å². The van der Waals surface area contributed by atoms with Crippen LogP contribution in [0.15, 0.2) is 0 Å². The molecule has 0 rings (SSSR count). The van der Waals surface area contributed by atoms with Crippen LogP contribution in [0.5, 0.6) is 0 Å². The highest BCUT2D eigenvalue weighted by atomic mass is 16.2. The maximum atomic E-state index is 12.5. The smallest absolute Gasteiger partial charge is 0.222 e. The van der Waals surface area contributed by atoms with Crippen molar-refractivity contribution in [2.75, 3.05) is 13.1 Å². The molecule has 1 amide bonds. The standard InChI is InChI=1S/C22H45NO/c1-4-7-10-11-12-13-14-15-16-19-22(24)23(20-17-8-5-2)21-18-9-6-3/h4-21H2,1-3H3. The normalized spacial score (nSPS) is 11.0. The molecule has 0 fully saturated rings. The summed E-state index contributed by atoms with van der Waals surface area (Å²) in [4.78, 5) is 14.6. The van der Waals surface area contributed by atoms with Crippen LogP contribution in [0.2, 0.25) is 0 Å². The van der Waals surface area contributed by atoms with Gasteiger partial charge in [0.05, 0.1) is 0 Å². The van der Waals surface area contributed by atoms with Gasteiger partial charge in [-0.1, -0.05) is 97.8 Å². The zero-order valence-electron chi connectivity index (χ0n) is 17.1. The van der Waals surface area contributed by atoms with E-state index in [-0.39, 0.29) is 0 Å². The molecule has 2 heteroatoms. The number of unbranched alkanes of at least 4 members (excludes halogenated alkanes) is 12. The van der Waals surface area contributed by atoms with Gasteiger partial charge in [-0.15, -0.1) is 0 Å². The number of hydrogen-bond acceptors (Lipinski definition) is 1. The van der Waals surface area contributed by atoms with Gasteiger partial charge < -0.3 is 4.90 Å². The van der Waals surface area contributed by atoms with Gasteiger partial charge in [0, 0.05) is 19.5 Å². The molecule has 0 saturated carbocycles. The average molecular weight is 340 g/mol. The summed E-state index contributed by atoms with van der Waals surface area (Å²) >= 11 is 0. The topological polar surface area (TPSA) is 20.3 Å². The Kier molecular flexibility index (Phi) is 18.4. The van der Waals surface area contributed by atoms with Crippen molar-refractivity contribution in [3.05, 3.63) is 0 Å². The first-order valence-electron chi connectivity index (χ1n) is 11.0. The van der Waals surface area contributed by atoms with E-state index >= 15 is 0 Å². The van der Waals surface area contributed by atoms with Crippen molar-refractivity contribution in [2.45, 2.75) is 124 Å². The SMILES string of the molecule is CCCCCCCCCCCC(=O)N(CCCCC)CCCCC. The van der Waals surface area contributed by atoms with Crippen LogP contribution in [-0.4, -0.2) is 23.9 Å². The summed E-state index contributed by atoms with van der Waals surface area (Å²) in [6.45, 7) is 8.68. The van der Waals surface area contributed by atoms with E-state index in [2.05, 4.69) is 25.7 Å². The quantitative estimate of drug-likeness (QED) is 0.243. The van der Waals surface area contributed by atoms with Gasteiger partial charge in [-0.2, -0.15) is 0 Å². The Labute approximate surface area is 152 Å². The first-order chi connectivity index (χ1) is 11.8. The second-order valence-corrected chi connectivity index (χ2v) is 7.37. The Hall–Kier alpha value is -0.530. The second-order valence-electron chi connectivity index (χ2n) is 7.37. The van der Waals surface area contributed by atoms with E-state index in [1.54, 1.807) is 0 Å². The van der Waals surface area contributed by atoms with E-state index in [9.17, 15) is 4.79 Å². The van der Waals surface area contributed by atoms with Crippen molar-refractivity contribution in [3.63, 3.8) is 0 Å². The summed E-state index contributed by atoms with van der Waals surface area (Å²) in [5.74, 6) is 0.408. The van der Waals surface area contributed by atoms with Crippen LogP contribution in [0.3, 0.4) is 0 Å². The lowest BCUT2D eigenvalue weighted by molar-refractivity contribution is -0.131. The summed E-state index contributed by atoms with van der Waals surface area (Å²) in [7, 11) is 0. The van der Waals surface area contributed by atoms with Gasteiger partial charge in [0.15, 0.2) is 0 Å². The van der Waals surface area contributed by atoms with E-state index in [1.165, 1.54) is 89.9 Å². The molecule has 0 aliphatic rings. The maximum absolute atomic E-state index is 12.5. The summed E-state index contributed by atoms with van der Waals surface area (Å²) in [6, 6.07) is 0. The second kappa shape index (κ2) is 18.8. The van der Waals surface area contributed by atoms with Crippen molar-refractivity contribution >= 4 is 5.91 Å². The molecule has 0 aromatic carbocycles. The third-order valence-electron chi connectivity index (χ3n) is 4.91. The number of hydrogen-bond donors (Lipinski definition) is 0. The van der Waals surface area contributed by atoms with Crippen molar-refractivity contribution < 1.29 is 4.79 Å². The highest BCUT2D eigenvalue weighted by Crippen LogP contribution is 2.12. The summed E-state index contributed by atoms with van der Waals surface area (Å²) in [5.41, 5.74) is 0. The molecular formula is C22H45NO. The average Bonchev–Trinajstić information content (AvgIpc) is 2.59. The predicted octanol–water partition coefficient (Wildman–Crippen LogP) is 7.12. The molecule has 0 aliphatic heterocycles. The largest absolute Gasteiger partial charge is 0.343 e. The first kappa shape index (κ1) is 23.5. The van der Waals surface area contributed by atoms with Gasteiger partial charge in [0.1, 0.15) is 0 Å². The molecule has 0 spiro atoms. The molecule has 144 valence electrons. The monoisotopic (exact) mass is 339 g/mol. The molecule has 0 aromatic rings. The van der Waals surface area contributed by atoms with Crippen LogP contribution < -0.4 is 0 Å². The lowest BCUT2D eigenvalue weighted by Crippen LogP contribution is -2.32. The number of nitrogens with zero attached hydrogens (tertiary/aromatic N) is 1. The van der Waals surface area contributed by atoms with Crippen LogP contribution in [0.25, 0.3) is 0 Å². The Morgan fingerprint density at radius 3 is 1.38 bits per heavy atom. The maximum Gasteiger partial charge on any atom is 0.222 e. The van der Waals surface area contributed by atoms with Gasteiger partial charge in [-0.25, -0.2) is 0 Å².